The zero-order valence-corrected chi connectivity index (χ0v) is 11.5. The highest BCUT2D eigenvalue weighted by Crippen LogP contribution is 2.23. The molecule has 1 fully saturated rings. The van der Waals surface area contributed by atoms with Crippen LogP contribution in [-0.2, 0) is 9.59 Å². The van der Waals surface area contributed by atoms with Crippen LogP contribution in [0.5, 0.6) is 0 Å². The van der Waals surface area contributed by atoms with Crippen molar-refractivity contribution in [2.45, 2.75) is 58.0 Å². The quantitative estimate of drug-likeness (QED) is 0.666. The topological polar surface area (TPSA) is 78.4 Å². The minimum absolute atomic E-state index is 0.171. The maximum Gasteiger partial charge on any atom is 0.326 e. The third-order valence-corrected chi connectivity index (χ3v) is 3.59. The molecule has 1 amide bonds. The molecule has 0 bridgehead atoms. The molecule has 0 aromatic rings. The number of rotatable bonds is 6. The fraction of sp³-hybridized carbons (Fsp3) is 0.846. The van der Waals surface area contributed by atoms with Crippen molar-refractivity contribution in [1.82, 2.24) is 10.6 Å². The second kappa shape index (κ2) is 6.18. The highest BCUT2D eigenvalue weighted by Gasteiger charge is 2.40. The lowest BCUT2D eigenvalue weighted by atomic mass is 9.92. The molecule has 0 aliphatic carbocycles. The van der Waals surface area contributed by atoms with Crippen molar-refractivity contribution < 1.29 is 14.7 Å². The standard InChI is InChI=1S/C13H24N2O3/c1-4-13(6-5-7-14-13)12(18)15-10(11(16)17)8-9(2)3/h9-10,14H,4-8H2,1-3H3,(H,15,18)(H,16,17). The Morgan fingerprint density at radius 3 is 2.50 bits per heavy atom. The number of nitrogens with one attached hydrogen (secondary N) is 2. The van der Waals surface area contributed by atoms with E-state index in [-0.39, 0.29) is 11.8 Å². The summed E-state index contributed by atoms with van der Waals surface area (Å²) in [5, 5.41) is 15.0. The predicted molar refractivity (Wildman–Crippen MR) is 69.3 cm³/mol. The van der Waals surface area contributed by atoms with Crippen LogP contribution in [0.3, 0.4) is 0 Å². The van der Waals surface area contributed by atoms with E-state index in [0.717, 1.165) is 19.4 Å². The minimum Gasteiger partial charge on any atom is -0.480 e. The number of carbonyl (C=O) groups excluding carboxylic acids is 1. The Morgan fingerprint density at radius 1 is 1.44 bits per heavy atom. The van der Waals surface area contributed by atoms with E-state index in [9.17, 15) is 9.59 Å². The van der Waals surface area contributed by atoms with E-state index in [0.29, 0.717) is 12.8 Å². The fourth-order valence-corrected chi connectivity index (χ4v) is 2.45. The van der Waals surface area contributed by atoms with E-state index in [4.69, 9.17) is 5.11 Å². The zero-order chi connectivity index (χ0) is 13.8. The van der Waals surface area contributed by atoms with Crippen LogP contribution in [0.2, 0.25) is 0 Å². The molecular formula is C13H24N2O3. The number of aliphatic carboxylic acids is 1. The van der Waals surface area contributed by atoms with Gasteiger partial charge in [-0.3, -0.25) is 4.79 Å². The number of carbonyl (C=O) groups is 2. The maximum atomic E-state index is 12.3. The average molecular weight is 256 g/mol. The van der Waals surface area contributed by atoms with Crippen molar-refractivity contribution in [2.75, 3.05) is 6.54 Å². The van der Waals surface area contributed by atoms with Gasteiger partial charge < -0.3 is 15.7 Å². The van der Waals surface area contributed by atoms with E-state index in [2.05, 4.69) is 10.6 Å². The van der Waals surface area contributed by atoms with Crippen molar-refractivity contribution in [3.05, 3.63) is 0 Å². The molecule has 0 radical (unpaired) electrons. The number of hydrogen-bond donors (Lipinski definition) is 3. The van der Waals surface area contributed by atoms with Gasteiger partial charge in [0.1, 0.15) is 6.04 Å². The summed E-state index contributed by atoms with van der Waals surface area (Å²) in [5.74, 6) is -0.891. The van der Waals surface area contributed by atoms with Crippen LogP contribution in [0, 0.1) is 5.92 Å². The van der Waals surface area contributed by atoms with Gasteiger partial charge in [0.05, 0.1) is 5.54 Å². The third kappa shape index (κ3) is 3.45. The summed E-state index contributed by atoms with van der Waals surface area (Å²) in [5.41, 5.74) is -0.565. The third-order valence-electron chi connectivity index (χ3n) is 3.59. The van der Waals surface area contributed by atoms with Gasteiger partial charge in [-0.05, 0) is 38.1 Å². The summed E-state index contributed by atoms with van der Waals surface area (Å²) in [6.07, 6.45) is 2.89. The fourth-order valence-electron chi connectivity index (χ4n) is 2.45. The summed E-state index contributed by atoms with van der Waals surface area (Å²) in [4.78, 5) is 23.4. The van der Waals surface area contributed by atoms with Crippen LogP contribution in [0.15, 0.2) is 0 Å². The smallest absolute Gasteiger partial charge is 0.326 e. The van der Waals surface area contributed by atoms with Crippen LogP contribution in [-0.4, -0.2) is 35.1 Å². The average Bonchev–Trinajstić information content (AvgIpc) is 2.77. The van der Waals surface area contributed by atoms with E-state index >= 15 is 0 Å². The van der Waals surface area contributed by atoms with Crippen molar-refractivity contribution in [3.63, 3.8) is 0 Å². The lowest BCUT2D eigenvalue weighted by molar-refractivity contribution is -0.143. The van der Waals surface area contributed by atoms with Gasteiger partial charge in [-0.15, -0.1) is 0 Å². The van der Waals surface area contributed by atoms with Gasteiger partial charge in [0.25, 0.3) is 0 Å². The molecule has 5 heteroatoms. The SMILES string of the molecule is CCC1(C(=O)NC(CC(C)C)C(=O)O)CCCN1. The van der Waals surface area contributed by atoms with Gasteiger partial charge in [-0.2, -0.15) is 0 Å². The second-order valence-electron chi connectivity index (χ2n) is 5.46. The summed E-state index contributed by atoms with van der Waals surface area (Å²) in [7, 11) is 0. The lowest BCUT2D eigenvalue weighted by Crippen LogP contribution is -2.57. The molecule has 18 heavy (non-hydrogen) atoms. The molecule has 0 aromatic carbocycles. The number of carboxylic acids is 1. The predicted octanol–water partition coefficient (Wildman–Crippen LogP) is 1.13. The van der Waals surface area contributed by atoms with Crippen molar-refractivity contribution in [3.8, 4) is 0 Å². The first-order valence-corrected chi connectivity index (χ1v) is 6.70. The Balaban J connectivity index is 2.68. The van der Waals surface area contributed by atoms with E-state index < -0.39 is 17.6 Å². The van der Waals surface area contributed by atoms with Crippen molar-refractivity contribution in [1.29, 1.82) is 0 Å². The summed E-state index contributed by atoms with van der Waals surface area (Å²) < 4.78 is 0. The lowest BCUT2D eigenvalue weighted by Gasteiger charge is -2.29. The molecule has 104 valence electrons. The first-order chi connectivity index (χ1) is 8.41. The van der Waals surface area contributed by atoms with Crippen LogP contribution in [0.25, 0.3) is 0 Å². The Hall–Kier alpha value is -1.10. The Bertz CT molecular complexity index is 309. The van der Waals surface area contributed by atoms with Gasteiger partial charge in [0.2, 0.25) is 5.91 Å². The summed E-state index contributed by atoms with van der Waals surface area (Å²) in [6.45, 7) is 6.68. The first-order valence-electron chi connectivity index (χ1n) is 6.70. The molecule has 2 unspecified atom stereocenters. The normalized spacial score (nSPS) is 25.1. The number of hydrogen-bond acceptors (Lipinski definition) is 3. The van der Waals surface area contributed by atoms with Gasteiger partial charge in [0, 0.05) is 0 Å². The minimum atomic E-state index is -0.957. The molecule has 0 spiro atoms. The van der Waals surface area contributed by atoms with Crippen LogP contribution in [0.1, 0.15) is 46.5 Å². The van der Waals surface area contributed by atoms with Crippen LogP contribution in [0.4, 0.5) is 0 Å². The molecule has 0 aromatic heterocycles. The van der Waals surface area contributed by atoms with E-state index in [1.54, 1.807) is 0 Å². The maximum absolute atomic E-state index is 12.3. The largest absolute Gasteiger partial charge is 0.480 e. The molecule has 1 aliphatic heterocycles. The second-order valence-corrected chi connectivity index (χ2v) is 5.46. The molecule has 5 nitrogen and oxygen atoms in total. The monoisotopic (exact) mass is 256 g/mol. The van der Waals surface area contributed by atoms with Gasteiger partial charge in [-0.25, -0.2) is 4.79 Å². The van der Waals surface area contributed by atoms with Gasteiger partial charge in [0.15, 0.2) is 0 Å². The summed E-state index contributed by atoms with van der Waals surface area (Å²) in [6, 6.07) is -0.789. The number of amides is 1. The van der Waals surface area contributed by atoms with Crippen molar-refractivity contribution in [2.24, 2.45) is 5.92 Å². The molecule has 0 saturated carbocycles. The number of carboxylic acid groups (broad SMARTS) is 1. The van der Waals surface area contributed by atoms with Crippen molar-refractivity contribution >= 4 is 11.9 Å². The molecule has 1 rings (SSSR count). The van der Waals surface area contributed by atoms with Gasteiger partial charge in [-0.1, -0.05) is 20.8 Å². The molecule has 1 saturated heterocycles. The molecule has 3 N–H and O–H groups in total. The molecule has 1 aliphatic rings. The molecular weight excluding hydrogens is 232 g/mol. The Kier molecular flexibility index (Phi) is 5.14. The summed E-state index contributed by atoms with van der Waals surface area (Å²) >= 11 is 0. The first kappa shape index (κ1) is 15.0. The Morgan fingerprint density at radius 2 is 2.11 bits per heavy atom. The Labute approximate surface area is 108 Å². The van der Waals surface area contributed by atoms with Crippen LogP contribution >= 0.6 is 0 Å². The molecule has 2 atom stereocenters. The highest BCUT2D eigenvalue weighted by molar-refractivity contribution is 5.90. The van der Waals surface area contributed by atoms with E-state index in [1.165, 1.54) is 0 Å². The zero-order valence-electron chi connectivity index (χ0n) is 11.5. The van der Waals surface area contributed by atoms with Gasteiger partial charge >= 0.3 is 5.97 Å². The molecule has 1 heterocycles. The highest BCUT2D eigenvalue weighted by atomic mass is 16.4. The van der Waals surface area contributed by atoms with Crippen LogP contribution < -0.4 is 10.6 Å². The van der Waals surface area contributed by atoms with E-state index in [1.807, 2.05) is 20.8 Å².